The number of aryl methyl sites for hydroxylation is 1. The molecule has 6 nitrogen and oxygen atoms in total. The lowest BCUT2D eigenvalue weighted by Crippen LogP contribution is -2.11. The van der Waals surface area contributed by atoms with Gasteiger partial charge in [0.25, 0.3) is 0 Å². The molecular formula is C18H23N5OS. The zero-order valence-electron chi connectivity index (χ0n) is 15.3. The van der Waals surface area contributed by atoms with E-state index in [4.69, 9.17) is 4.42 Å². The molecule has 0 N–H and O–H groups in total. The van der Waals surface area contributed by atoms with Crippen LogP contribution in [0.4, 0.5) is 0 Å². The zero-order valence-corrected chi connectivity index (χ0v) is 16.1. The number of nitrogens with zero attached hydrogens (tertiary/aromatic N) is 5. The number of thioether (sulfide) groups is 1. The number of aromatic nitrogens is 5. The van der Waals surface area contributed by atoms with Crippen LogP contribution in [0.5, 0.6) is 0 Å². The van der Waals surface area contributed by atoms with Crippen molar-refractivity contribution in [1.29, 1.82) is 0 Å². The normalized spacial score (nSPS) is 11.9. The van der Waals surface area contributed by atoms with Crippen molar-refractivity contribution in [2.24, 2.45) is 0 Å². The highest BCUT2D eigenvalue weighted by atomic mass is 32.2. The first-order valence-electron chi connectivity index (χ1n) is 8.35. The van der Waals surface area contributed by atoms with E-state index in [1.54, 1.807) is 11.8 Å². The molecular weight excluding hydrogens is 334 g/mol. The fourth-order valence-electron chi connectivity index (χ4n) is 2.44. The molecule has 0 aliphatic heterocycles. The minimum absolute atomic E-state index is 0.142. The summed E-state index contributed by atoms with van der Waals surface area (Å²) in [6, 6.07) is 8.22. The smallest absolute Gasteiger partial charge is 0.226 e. The van der Waals surface area contributed by atoms with Gasteiger partial charge in [-0.05, 0) is 19.4 Å². The predicted molar refractivity (Wildman–Crippen MR) is 98.4 cm³/mol. The van der Waals surface area contributed by atoms with Crippen LogP contribution in [0.2, 0.25) is 0 Å². The molecule has 0 radical (unpaired) electrons. The van der Waals surface area contributed by atoms with Crippen molar-refractivity contribution < 1.29 is 4.42 Å². The summed E-state index contributed by atoms with van der Waals surface area (Å²) >= 11 is 1.56. The summed E-state index contributed by atoms with van der Waals surface area (Å²) < 4.78 is 7.87. The molecule has 25 heavy (non-hydrogen) atoms. The molecule has 3 aromatic rings. The van der Waals surface area contributed by atoms with Gasteiger partial charge in [0, 0.05) is 17.5 Å². The van der Waals surface area contributed by atoms with Gasteiger partial charge in [0.15, 0.2) is 11.0 Å². The van der Waals surface area contributed by atoms with Crippen molar-refractivity contribution in [3.8, 4) is 11.4 Å². The van der Waals surface area contributed by atoms with E-state index < -0.39 is 0 Å². The number of hydrogen-bond acceptors (Lipinski definition) is 6. The Hall–Kier alpha value is -2.15. The summed E-state index contributed by atoms with van der Waals surface area (Å²) in [7, 11) is 0. The van der Waals surface area contributed by atoms with E-state index >= 15 is 0 Å². The highest BCUT2D eigenvalue weighted by Crippen LogP contribution is 2.28. The van der Waals surface area contributed by atoms with Crippen molar-refractivity contribution >= 4 is 11.8 Å². The summed E-state index contributed by atoms with van der Waals surface area (Å²) in [6.07, 6.45) is 0. The van der Waals surface area contributed by atoms with Gasteiger partial charge in [-0.3, -0.25) is 0 Å². The van der Waals surface area contributed by atoms with E-state index in [0.717, 1.165) is 23.1 Å². The predicted octanol–water partition coefficient (Wildman–Crippen LogP) is 4.25. The van der Waals surface area contributed by atoms with Crippen LogP contribution in [0.15, 0.2) is 33.8 Å². The summed E-state index contributed by atoms with van der Waals surface area (Å²) in [4.78, 5) is 0. The van der Waals surface area contributed by atoms with E-state index in [2.05, 4.69) is 71.7 Å². The number of benzene rings is 1. The molecule has 2 heterocycles. The molecule has 3 rings (SSSR count). The Kier molecular flexibility index (Phi) is 4.94. The number of rotatable bonds is 5. The maximum absolute atomic E-state index is 5.75. The lowest BCUT2D eigenvalue weighted by Gasteiger charge is -2.11. The summed E-state index contributed by atoms with van der Waals surface area (Å²) in [6.45, 7) is 11.2. The molecule has 0 aliphatic carbocycles. The molecule has 0 aliphatic rings. The van der Waals surface area contributed by atoms with Gasteiger partial charge in [-0.1, -0.05) is 56.8 Å². The first-order valence-corrected chi connectivity index (χ1v) is 9.33. The van der Waals surface area contributed by atoms with Crippen LogP contribution in [0, 0.1) is 6.92 Å². The lowest BCUT2D eigenvalue weighted by molar-refractivity contribution is 0.378. The van der Waals surface area contributed by atoms with Crippen molar-refractivity contribution in [3.63, 3.8) is 0 Å². The van der Waals surface area contributed by atoms with Gasteiger partial charge in [0.2, 0.25) is 11.8 Å². The molecule has 1 aromatic carbocycles. The van der Waals surface area contributed by atoms with Crippen molar-refractivity contribution in [2.45, 2.75) is 57.5 Å². The third-order valence-electron chi connectivity index (χ3n) is 3.85. The van der Waals surface area contributed by atoms with E-state index in [0.29, 0.717) is 17.5 Å². The van der Waals surface area contributed by atoms with Crippen LogP contribution < -0.4 is 0 Å². The van der Waals surface area contributed by atoms with E-state index in [9.17, 15) is 0 Å². The second-order valence-corrected chi connectivity index (χ2v) is 7.85. The summed E-state index contributed by atoms with van der Waals surface area (Å²) in [5, 5.41) is 17.9. The third-order valence-corrected chi connectivity index (χ3v) is 4.80. The molecule has 0 spiro atoms. The third kappa shape index (κ3) is 3.76. The second kappa shape index (κ2) is 7.00. The first-order chi connectivity index (χ1) is 11.9. The van der Waals surface area contributed by atoms with Gasteiger partial charge in [-0.25, -0.2) is 0 Å². The quantitative estimate of drug-likeness (QED) is 0.636. The van der Waals surface area contributed by atoms with Gasteiger partial charge >= 0.3 is 0 Å². The molecule has 0 saturated heterocycles. The van der Waals surface area contributed by atoms with Gasteiger partial charge in [-0.15, -0.1) is 20.4 Å². The summed E-state index contributed by atoms with van der Waals surface area (Å²) in [5.74, 6) is 2.73. The average Bonchev–Trinajstić information content (AvgIpc) is 3.19. The van der Waals surface area contributed by atoms with E-state index in [1.807, 2.05) is 12.1 Å². The minimum Gasteiger partial charge on any atom is -0.424 e. The molecule has 0 unspecified atom stereocenters. The highest BCUT2D eigenvalue weighted by Gasteiger charge is 2.22. The van der Waals surface area contributed by atoms with Crippen LogP contribution in [0.25, 0.3) is 11.4 Å². The topological polar surface area (TPSA) is 69.6 Å². The maximum Gasteiger partial charge on any atom is 0.226 e. The Morgan fingerprint density at radius 3 is 2.48 bits per heavy atom. The standard InChI is InChI=1S/C18H23N5OS/c1-6-23-15(13-10-8-7-9-12(13)2)20-22-17(23)25-11-14-19-21-16(24-14)18(3,4)5/h7-10H,6,11H2,1-5H3. The van der Waals surface area contributed by atoms with Crippen LogP contribution >= 0.6 is 11.8 Å². The molecule has 0 saturated carbocycles. The van der Waals surface area contributed by atoms with Gasteiger partial charge in [0.1, 0.15) is 0 Å². The zero-order chi connectivity index (χ0) is 18.0. The van der Waals surface area contributed by atoms with Crippen molar-refractivity contribution in [3.05, 3.63) is 41.6 Å². The average molecular weight is 357 g/mol. The molecule has 0 fully saturated rings. The molecule has 2 aromatic heterocycles. The fraction of sp³-hybridized carbons (Fsp3) is 0.444. The van der Waals surface area contributed by atoms with Crippen LogP contribution in [-0.2, 0) is 17.7 Å². The number of hydrogen-bond donors (Lipinski definition) is 0. The van der Waals surface area contributed by atoms with E-state index in [1.165, 1.54) is 5.56 Å². The molecule has 132 valence electrons. The molecule has 7 heteroatoms. The van der Waals surface area contributed by atoms with Gasteiger partial charge in [-0.2, -0.15) is 0 Å². The second-order valence-electron chi connectivity index (χ2n) is 6.90. The van der Waals surface area contributed by atoms with Gasteiger partial charge < -0.3 is 8.98 Å². The van der Waals surface area contributed by atoms with Crippen molar-refractivity contribution in [2.75, 3.05) is 0 Å². The Morgan fingerprint density at radius 1 is 1.08 bits per heavy atom. The van der Waals surface area contributed by atoms with E-state index in [-0.39, 0.29) is 5.41 Å². The largest absolute Gasteiger partial charge is 0.424 e. The van der Waals surface area contributed by atoms with Crippen LogP contribution in [-0.4, -0.2) is 25.0 Å². The Morgan fingerprint density at radius 2 is 1.84 bits per heavy atom. The maximum atomic E-state index is 5.75. The molecule has 0 bridgehead atoms. The minimum atomic E-state index is -0.142. The lowest BCUT2D eigenvalue weighted by atomic mass is 9.97. The van der Waals surface area contributed by atoms with Gasteiger partial charge in [0.05, 0.1) is 5.75 Å². The van der Waals surface area contributed by atoms with Crippen LogP contribution in [0.1, 0.15) is 45.0 Å². The SMILES string of the molecule is CCn1c(SCc2nnc(C(C)(C)C)o2)nnc1-c1ccccc1C. The molecule has 0 atom stereocenters. The van der Waals surface area contributed by atoms with Crippen LogP contribution in [0.3, 0.4) is 0 Å². The monoisotopic (exact) mass is 357 g/mol. The highest BCUT2D eigenvalue weighted by molar-refractivity contribution is 7.98. The molecule has 0 amide bonds. The first kappa shape index (κ1) is 17.7. The fourth-order valence-corrected chi connectivity index (χ4v) is 3.28. The van der Waals surface area contributed by atoms with Crippen molar-refractivity contribution in [1.82, 2.24) is 25.0 Å². The Balaban J connectivity index is 1.80. The summed E-state index contributed by atoms with van der Waals surface area (Å²) in [5.41, 5.74) is 2.15. The Labute approximate surface area is 152 Å². The Bertz CT molecular complexity index is 862.